The molecule has 0 aliphatic heterocycles. The van der Waals surface area contributed by atoms with Crippen molar-refractivity contribution in [3.05, 3.63) is 35.1 Å². The topological polar surface area (TPSA) is 32.3 Å². The van der Waals surface area contributed by atoms with Crippen LogP contribution in [-0.2, 0) is 12.7 Å². The van der Waals surface area contributed by atoms with Crippen molar-refractivity contribution >= 4 is 0 Å². The minimum atomic E-state index is -4.70. The largest absolute Gasteiger partial charge is 0.419 e. The molecule has 102 valence electrons. The average Bonchev–Trinajstić information content (AvgIpc) is 2.26. The van der Waals surface area contributed by atoms with Crippen molar-refractivity contribution in [1.29, 1.82) is 0 Å². The van der Waals surface area contributed by atoms with E-state index in [4.69, 9.17) is 5.11 Å². The first-order valence-electron chi connectivity index (χ1n) is 5.37. The number of aliphatic hydroxyl groups is 1. The smallest absolute Gasteiger partial charge is 0.394 e. The normalized spacial score (nSPS) is 12.8. The molecule has 1 aromatic carbocycles. The first kappa shape index (κ1) is 14.9. The van der Waals surface area contributed by atoms with Crippen LogP contribution in [0.4, 0.5) is 17.6 Å². The van der Waals surface area contributed by atoms with Crippen LogP contribution in [0.15, 0.2) is 18.2 Å². The number of halogens is 4. The molecule has 0 aliphatic rings. The lowest BCUT2D eigenvalue weighted by atomic mass is 10.1. The molecule has 0 aromatic heterocycles. The van der Waals surface area contributed by atoms with Crippen molar-refractivity contribution in [3.63, 3.8) is 0 Å². The molecule has 0 saturated carbocycles. The SMILES string of the molecule is CC(C)(CO)NCc1ccc(F)c(C(F)(F)F)c1. The number of nitrogens with one attached hydrogen (secondary N) is 1. The van der Waals surface area contributed by atoms with Gasteiger partial charge in [-0.25, -0.2) is 4.39 Å². The Balaban J connectivity index is 2.87. The van der Waals surface area contributed by atoms with E-state index in [-0.39, 0.29) is 13.2 Å². The highest BCUT2D eigenvalue weighted by Gasteiger charge is 2.34. The van der Waals surface area contributed by atoms with E-state index < -0.39 is 23.1 Å². The first-order chi connectivity index (χ1) is 8.15. The van der Waals surface area contributed by atoms with E-state index in [1.165, 1.54) is 6.07 Å². The molecule has 0 amide bonds. The van der Waals surface area contributed by atoms with Gasteiger partial charge in [0.2, 0.25) is 0 Å². The number of rotatable bonds is 4. The summed E-state index contributed by atoms with van der Waals surface area (Å²) in [5, 5.41) is 11.9. The third-order valence-electron chi connectivity index (χ3n) is 2.50. The van der Waals surface area contributed by atoms with Crippen LogP contribution >= 0.6 is 0 Å². The fourth-order valence-electron chi connectivity index (χ4n) is 1.30. The zero-order valence-corrected chi connectivity index (χ0v) is 10.1. The fraction of sp³-hybridized carbons (Fsp3) is 0.500. The maximum absolute atomic E-state index is 13.0. The van der Waals surface area contributed by atoms with E-state index in [0.717, 1.165) is 12.1 Å². The van der Waals surface area contributed by atoms with E-state index in [0.29, 0.717) is 5.56 Å². The van der Waals surface area contributed by atoms with Crippen LogP contribution in [-0.4, -0.2) is 17.3 Å². The molecule has 0 bridgehead atoms. The first-order valence-corrected chi connectivity index (χ1v) is 5.37. The predicted molar refractivity (Wildman–Crippen MR) is 59.4 cm³/mol. The summed E-state index contributed by atoms with van der Waals surface area (Å²) < 4.78 is 50.4. The van der Waals surface area contributed by atoms with Gasteiger partial charge in [-0.2, -0.15) is 13.2 Å². The molecule has 0 radical (unpaired) electrons. The molecule has 2 N–H and O–H groups in total. The molecule has 0 fully saturated rings. The van der Waals surface area contributed by atoms with Crippen LogP contribution in [0.1, 0.15) is 25.0 Å². The van der Waals surface area contributed by atoms with Crippen LogP contribution in [0.25, 0.3) is 0 Å². The molecular formula is C12H15F4NO. The quantitative estimate of drug-likeness (QED) is 0.820. The van der Waals surface area contributed by atoms with Crippen molar-refractivity contribution in [2.45, 2.75) is 32.1 Å². The Morgan fingerprint density at radius 1 is 1.22 bits per heavy atom. The van der Waals surface area contributed by atoms with Crippen LogP contribution < -0.4 is 5.32 Å². The number of aliphatic hydroxyl groups excluding tert-OH is 1. The van der Waals surface area contributed by atoms with Gasteiger partial charge in [0.25, 0.3) is 0 Å². The molecule has 0 unspecified atom stereocenters. The molecule has 1 aromatic rings. The van der Waals surface area contributed by atoms with Crippen molar-refractivity contribution < 1.29 is 22.7 Å². The zero-order chi connectivity index (χ0) is 14.0. The molecule has 2 nitrogen and oxygen atoms in total. The van der Waals surface area contributed by atoms with Crippen LogP contribution in [0, 0.1) is 5.82 Å². The van der Waals surface area contributed by atoms with Crippen molar-refractivity contribution in [3.8, 4) is 0 Å². The van der Waals surface area contributed by atoms with Crippen molar-refractivity contribution in [1.82, 2.24) is 5.32 Å². The summed E-state index contributed by atoms with van der Waals surface area (Å²) in [6.07, 6.45) is -4.70. The highest BCUT2D eigenvalue weighted by atomic mass is 19.4. The molecule has 1 rings (SSSR count). The number of hydrogen-bond acceptors (Lipinski definition) is 2. The summed E-state index contributed by atoms with van der Waals surface area (Å²) in [5.74, 6) is -1.28. The Hall–Kier alpha value is -1.14. The van der Waals surface area contributed by atoms with E-state index in [1.807, 2.05) is 0 Å². The Morgan fingerprint density at radius 3 is 2.33 bits per heavy atom. The second-order valence-electron chi connectivity index (χ2n) is 4.71. The standard InChI is InChI=1S/C12H15F4NO/c1-11(2,7-18)17-6-8-3-4-10(13)9(5-8)12(14,15)16/h3-5,17-18H,6-7H2,1-2H3. The van der Waals surface area contributed by atoms with E-state index in [1.54, 1.807) is 13.8 Å². The Kier molecular flexibility index (Phi) is 4.34. The molecule has 0 heterocycles. The van der Waals surface area contributed by atoms with Gasteiger partial charge in [-0.05, 0) is 31.5 Å². The minimum absolute atomic E-state index is 0.122. The van der Waals surface area contributed by atoms with E-state index in [9.17, 15) is 17.6 Å². The van der Waals surface area contributed by atoms with Gasteiger partial charge in [0.15, 0.2) is 0 Å². The maximum atomic E-state index is 13.0. The molecule has 0 spiro atoms. The molecule has 6 heteroatoms. The fourth-order valence-corrected chi connectivity index (χ4v) is 1.30. The monoisotopic (exact) mass is 265 g/mol. The molecule has 0 saturated heterocycles. The highest BCUT2D eigenvalue weighted by molar-refractivity contribution is 5.27. The third kappa shape index (κ3) is 3.96. The molecule has 18 heavy (non-hydrogen) atoms. The number of alkyl halides is 3. The summed E-state index contributed by atoms with van der Waals surface area (Å²) in [6.45, 7) is 3.39. The highest BCUT2D eigenvalue weighted by Crippen LogP contribution is 2.31. The second-order valence-corrected chi connectivity index (χ2v) is 4.71. The Bertz CT molecular complexity index is 415. The number of hydrogen-bond donors (Lipinski definition) is 2. The van der Waals surface area contributed by atoms with Gasteiger partial charge in [-0.1, -0.05) is 6.07 Å². The van der Waals surface area contributed by atoms with Gasteiger partial charge in [-0.3, -0.25) is 0 Å². The lowest BCUT2D eigenvalue weighted by Gasteiger charge is -2.23. The molecular weight excluding hydrogens is 250 g/mol. The molecule has 0 atom stereocenters. The predicted octanol–water partition coefficient (Wildman–Crippen LogP) is 2.71. The van der Waals surface area contributed by atoms with Gasteiger partial charge >= 0.3 is 6.18 Å². The minimum Gasteiger partial charge on any atom is -0.394 e. The van der Waals surface area contributed by atoms with Crippen LogP contribution in [0.3, 0.4) is 0 Å². The zero-order valence-electron chi connectivity index (χ0n) is 10.1. The van der Waals surface area contributed by atoms with Gasteiger partial charge in [0.1, 0.15) is 5.82 Å². The summed E-state index contributed by atoms with van der Waals surface area (Å²) in [4.78, 5) is 0. The lowest BCUT2D eigenvalue weighted by Crippen LogP contribution is -2.42. The van der Waals surface area contributed by atoms with Crippen molar-refractivity contribution in [2.75, 3.05) is 6.61 Å². The Labute approximate surface area is 103 Å². The summed E-state index contributed by atoms with van der Waals surface area (Å²) in [7, 11) is 0. The average molecular weight is 265 g/mol. The lowest BCUT2D eigenvalue weighted by molar-refractivity contribution is -0.140. The summed E-state index contributed by atoms with van der Waals surface area (Å²) in [5.41, 5.74) is -1.57. The summed E-state index contributed by atoms with van der Waals surface area (Å²) in [6, 6.07) is 2.85. The number of benzene rings is 1. The van der Waals surface area contributed by atoms with E-state index in [2.05, 4.69) is 5.32 Å². The van der Waals surface area contributed by atoms with Gasteiger partial charge in [-0.15, -0.1) is 0 Å². The Morgan fingerprint density at radius 2 is 1.83 bits per heavy atom. The maximum Gasteiger partial charge on any atom is 0.419 e. The van der Waals surface area contributed by atoms with Gasteiger partial charge in [0, 0.05) is 12.1 Å². The third-order valence-corrected chi connectivity index (χ3v) is 2.50. The second kappa shape index (κ2) is 5.24. The van der Waals surface area contributed by atoms with Crippen LogP contribution in [0.5, 0.6) is 0 Å². The van der Waals surface area contributed by atoms with E-state index >= 15 is 0 Å². The van der Waals surface area contributed by atoms with Crippen molar-refractivity contribution in [2.24, 2.45) is 0 Å². The van der Waals surface area contributed by atoms with Crippen LogP contribution in [0.2, 0.25) is 0 Å². The van der Waals surface area contributed by atoms with Gasteiger partial charge < -0.3 is 10.4 Å². The molecule has 0 aliphatic carbocycles. The van der Waals surface area contributed by atoms with Gasteiger partial charge in [0.05, 0.1) is 12.2 Å². The summed E-state index contributed by atoms with van der Waals surface area (Å²) >= 11 is 0.